The second kappa shape index (κ2) is 11.8. The number of nitrogens with one attached hydrogen (secondary N) is 3. The molecule has 0 aliphatic heterocycles. The Morgan fingerprint density at radius 1 is 1.02 bits per heavy atom. The van der Waals surface area contributed by atoms with Crippen molar-refractivity contribution in [2.24, 2.45) is 12.1 Å². The topological polar surface area (TPSA) is 160 Å². The van der Waals surface area contributed by atoms with Crippen LogP contribution in [-0.2, 0) is 21.9 Å². The first-order valence-electron chi connectivity index (χ1n) is 12.2. The number of nitriles is 1. The predicted molar refractivity (Wildman–Crippen MR) is 156 cm³/mol. The lowest BCUT2D eigenvalue weighted by molar-refractivity contribution is -0.110. The summed E-state index contributed by atoms with van der Waals surface area (Å²) in [5, 5.41) is 15.9. The van der Waals surface area contributed by atoms with Gasteiger partial charge in [-0.2, -0.15) is 10.4 Å². The van der Waals surface area contributed by atoms with Gasteiger partial charge in [-0.05, 0) is 55.8 Å². The van der Waals surface area contributed by atoms with Gasteiger partial charge < -0.3 is 10.1 Å². The third-order valence-electron chi connectivity index (χ3n) is 6.24. The highest BCUT2D eigenvalue weighted by Crippen LogP contribution is 2.28. The van der Waals surface area contributed by atoms with Crippen molar-refractivity contribution in [3.05, 3.63) is 94.4 Å². The van der Waals surface area contributed by atoms with Crippen LogP contribution in [0.4, 0.5) is 17.1 Å². The fraction of sp³-hybridized carbons (Fsp3) is 0.143. The fourth-order valence-electron chi connectivity index (χ4n) is 4.02. The molecule has 0 bridgehead atoms. The van der Waals surface area contributed by atoms with E-state index in [1.165, 1.54) is 17.9 Å². The van der Waals surface area contributed by atoms with Crippen LogP contribution in [-0.4, -0.2) is 36.5 Å². The number of ether oxygens (including phenoxy) is 1. The van der Waals surface area contributed by atoms with Gasteiger partial charge in [-0.15, -0.1) is 0 Å². The Morgan fingerprint density at radius 3 is 2.39 bits per heavy atom. The van der Waals surface area contributed by atoms with Crippen molar-refractivity contribution in [2.45, 2.75) is 18.7 Å². The molecule has 12 nitrogen and oxygen atoms in total. The minimum absolute atomic E-state index is 0.00423. The van der Waals surface area contributed by atoms with Crippen molar-refractivity contribution in [3.63, 3.8) is 0 Å². The van der Waals surface area contributed by atoms with Gasteiger partial charge in [0.05, 0.1) is 34.8 Å². The molecular weight excluding hydrogens is 546 g/mol. The number of nitrogens with zero attached hydrogens (tertiary/aromatic N) is 4. The van der Waals surface area contributed by atoms with Crippen molar-refractivity contribution >= 4 is 38.7 Å². The zero-order valence-corrected chi connectivity index (χ0v) is 23.5. The zero-order chi connectivity index (χ0) is 29.7. The van der Waals surface area contributed by atoms with Gasteiger partial charge in [-0.25, -0.2) is 13.1 Å². The predicted octanol–water partition coefficient (Wildman–Crippen LogP) is 3.53. The maximum absolute atomic E-state index is 13.2. The first kappa shape index (κ1) is 28.7. The number of rotatable bonds is 9. The van der Waals surface area contributed by atoms with Crippen LogP contribution in [0.3, 0.4) is 0 Å². The number of hydrogen-bond donors (Lipinski definition) is 3. The van der Waals surface area contributed by atoms with E-state index in [-0.39, 0.29) is 22.0 Å². The van der Waals surface area contributed by atoms with Gasteiger partial charge in [0, 0.05) is 7.05 Å². The summed E-state index contributed by atoms with van der Waals surface area (Å²) in [7, 11) is -0.932. The Kier molecular flexibility index (Phi) is 8.25. The van der Waals surface area contributed by atoms with Crippen molar-refractivity contribution in [1.82, 2.24) is 9.36 Å². The molecule has 4 aromatic rings. The molecule has 0 aliphatic carbocycles. The molecule has 0 spiro atoms. The van der Waals surface area contributed by atoms with Gasteiger partial charge in [0.25, 0.3) is 21.5 Å². The van der Waals surface area contributed by atoms with Crippen LogP contribution < -0.4 is 25.8 Å². The van der Waals surface area contributed by atoms with Crippen molar-refractivity contribution in [2.75, 3.05) is 22.6 Å². The average molecular weight is 574 g/mol. The summed E-state index contributed by atoms with van der Waals surface area (Å²) in [4.78, 5) is 25.9. The quantitative estimate of drug-likeness (QED) is 0.204. The van der Waals surface area contributed by atoms with E-state index < -0.39 is 27.2 Å². The van der Waals surface area contributed by atoms with Gasteiger partial charge >= 0.3 is 0 Å². The minimum atomic E-state index is -4.04. The van der Waals surface area contributed by atoms with Gasteiger partial charge in [-0.1, -0.05) is 36.4 Å². The normalized spacial score (nSPS) is 11.4. The number of sulfonamides is 1. The van der Waals surface area contributed by atoms with Crippen LogP contribution in [0.15, 0.2) is 87.6 Å². The number of amides is 1. The molecule has 0 fully saturated rings. The lowest BCUT2D eigenvalue weighted by Gasteiger charge is -2.14. The molecule has 4 rings (SSSR count). The smallest absolute Gasteiger partial charge is 0.295 e. The highest BCUT2D eigenvalue weighted by molar-refractivity contribution is 7.92. The number of benzene rings is 3. The molecule has 0 aliphatic rings. The van der Waals surface area contributed by atoms with E-state index >= 15 is 0 Å². The fourth-order valence-corrected chi connectivity index (χ4v) is 5.36. The number of methoxy groups -OCH3 is 1. The number of carbonyl (C=O) groups excluding carboxylic acids is 1. The van der Waals surface area contributed by atoms with Gasteiger partial charge in [-0.3, -0.25) is 24.4 Å². The Labute approximate surface area is 236 Å². The molecule has 210 valence electrons. The Balaban J connectivity index is 1.57. The molecule has 0 atom stereocenters. The highest BCUT2D eigenvalue weighted by Gasteiger charge is 2.22. The first-order valence-corrected chi connectivity index (χ1v) is 13.7. The van der Waals surface area contributed by atoms with E-state index in [9.17, 15) is 23.3 Å². The van der Waals surface area contributed by atoms with E-state index in [1.807, 2.05) is 6.07 Å². The average Bonchev–Trinajstić information content (AvgIpc) is 3.17. The molecule has 3 N–H and O–H groups in total. The Bertz CT molecular complexity index is 1850. The Morgan fingerprint density at radius 2 is 1.71 bits per heavy atom. The van der Waals surface area contributed by atoms with E-state index in [0.717, 1.165) is 0 Å². The minimum Gasteiger partial charge on any atom is -0.495 e. The largest absolute Gasteiger partial charge is 0.495 e. The Hall–Kier alpha value is -5.35. The van der Waals surface area contributed by atoms with Crippen molar-refractivity contribution in [3.8, 4) is 17.5 Å². The molecule has 0 unspecified atom stereocenters. The number of hydrazone groups is 1. The van der Waals surface area contributed by atoms with E-state index in [4.69, 9.17) is 4.74 Å². The number of aromatic nitrogens is 2. The van der Waals surface area contributed by atoms with Gasteiger partial charge in [0.15, 0.2) is 0 Å². The van der Waals surface area contributed by atoms with E-state index in [2.05, 4.69) is 20.6 Å². The SMILES string of the molecule is COc1ccccc1NS(=O)(=O)c1cc(NN=C(C#N)C(=O)Nc2c(C)n(C)n(-c3ccccc3)c2=O)ccc1C. The molecule has 1 heterocycles. The number of hydrogen-bond acceptors (Lipinski definition) is 8. The molecular formula is C28H27N7O5S. The summed E-state index contributed by atoms with van der Waals surface area (Å²) >= 11 is 0. The lowest BCUT2D eigenvalue weighted by Crippen LogP contribution is -2.27. The van der Waals surface area contributed by atoms with Crippen LogP contribution in [0.2, 0.25) is 0 Å². The summed E-state index contributed by atoms with van der Waals surface area (Å²) in [5.74, 6) is -0.565. The maximum atomic E-state index is 13.2. The summed E-state index contributed by atoms with van der Waals surface area (Å²) in [6.07, 6.45) is 0. The van der Waals surface area contributed by atoms with Crippen LogP contribution in [0, 0.1) is 25.2 Å². The van der Waals surface area contributed by atoms with E-state index in [1.54, 1.807) is 92.3 Å². The third kappa shape index (κ3) is 5.97. The molecule has 0 saturated carbocycles. The number of carbonyl (C=O) groups is 1. The third-order valence-corrected chi connectivity index (χ3v) is 7.75. The molecule has 3 aromatic carbocycles. The van der Waals surface area contributed by atoms with E-state index in [0.29, 0.717) is 22.7 Å². The van der Waals surface area contributed by atoms with Crippen molar-refractivity contribution in [1.29, 1.82) is 5.26 Å². The molecule has 1 aromatic heterocycles. The van der Waals surface area contributed by atoms with Crippen molar-refractivity contribution < 1.29 is 17.9 Å². The molecule has 0 saturated heterocycles. The summed E-state index contributed by atoms with van der Waals surface area (Å²) in [6.45, 7) is 3.29. The molecule has 13 heteroatoms. The number of para-hydroxylation sites is 3. The summed E-state index contributed by atoms with van der Waals surface area (Å²) in [6, 6.07) is 21.6. The summed E-state index contributed by atoms with van der Waals surface area (Å²) < 4.78 is 37.0. The molecule has 1 amide bonds. The molecule has 41 heavy (non-hydrogen) atoms. The lowest BCUT2D eigenvalue weighted by atomic mass is 10.2. The van der Waals surface area contributed by atoms with Crippen LogP contribution in [0.1, 0.15) is 11.3 Å². The monoisotopic (exact) mass is 573 g/mol. The van der Waals surface area contributed by atoms with Crippen LogP contribution >= 0.6 is 0 Å². The van der Waals surface area contributed by atoms with Crippen LogP contribution in [0.5, 0.6) is 5.75 Å². The number of anilines is 3. The van der Waals surface area contributed by atoms with Crippen LogP contribution in [0.25, 0.3) is 5.69 Å². The first-order chi connectivity index (χ1) is 19.6. The molecule has 0 radical (unpaired) electrons. The summed E-state index contributed by atoms with van der Waals surface area (Å²) in [5.41, 5.74) is 3.49. The second-order valence-corrected chi connectivity index (χ2v) is 10.5. The maximum Gasteiger partial charge on any atom is 0.295 e. The number of aryl methyl sites for hydroxylation is 1. The standard InChI is InChI=1S/C28H27N7O5S/c1-18-14-15-20(16-25(18)41(38,39)33-22-12-8-9-13-24(22)40-4)31-32-23(17-29)27(36)30-26-19(2)34(3)35(28(26)37)21-10-6-5-7-11-21/h5-16,31,33H,1-4H3,(H,30,36). The van der Waals surface area contributed by atoms with Gasteiger partial charge in [0.1, 0.15) is 17.5 Å². The highest BCUT2D eigenvalue weighted by atomic mass is 32.2. The second-order valence-electron chi connectivity index (χ2n) is 8.86. The zero-order valence-electron chi connectivity index (χ0n) is 22.7. The van der Waals surface area contributed by atoms with Gasteiger partial charge in [0.2, 0.25) is 5.71 Å².